The highest BCUT2D eigenvalue weighted by Gasteiger charge is 2.33. The van der Waals surface area contributed by atoms with E-state index in [1.54, 1.807) is 13.2 Å². The topological polar surface area (TPSA) is 112 Å². The maximum atomic E-state index is 12.1. The normalized spacial score (nSPS) is 19.3. The summed E-state index contributed by atoms with van der Waals surface area (Å²) in [6.07, 6.45) is 1.49. The molecule has 1 aliphatic heterocycles. The Kier molecular flexibility index (Phi) is 6.55. The maximum absolute atomic E-state index is 12.1. The smallest absolute Gasteiger partial charge is 0.289 e. The zero-order valence-corrected chi connectivity index (χ0v) is 16.2. The molecule has 0 aromatic heterocycles. The van der Waals surface area contributed by atoms with Crippen molar-refractivity contribution < 1.29 is 14.3 Å². The van der Waals surface area contributed by atoms with Crippen LogP contribution in [0.1, 0.15) is 17.5 Å². The van der Waals surface area contributed by atoms with Crippen molar-refractivity contribution in [1.82, 2.24) is 5.32 Å². The average molecular weight is 432 g/mol. The number of ether oxygens (including phenoxy) is 2. The standard InChI is InChI=1S/C16H20BrClN4O3/c1-8-5-9(6-10(17)13(8)24-2)7-12-14(23)22-15(25-12)11(18)3-4-21-16(19)20/h5-7,11,15H,3-4H2,1-2H3,(H,22,23)(H4,19,20,21). The second-order valence-corrected chi connectivity index (χ2v) is 6.90. The van der Waals surface area contributed by atoms with Crippen LogP contribution < -0.4 is 21.5 Å². The number of carbonyl (C=O) groups is 1. The molecule has 1 fully saturated rings. The van der Waals surface area contributed by atoms with Crippen molar-refractivity contribution in [3.05, 3.63) is 33.5 Å². The van der Waals surface area contributed by atoms with Crippen molar-refractivity contribution in [3.8, 4) is 5.75 Å². The van der Waals surface area contributed by atoms with Crippen molar-refractivity contribution in [3.63, 3.8) is 0 Å². The van der Waals surface area contributed by atoms with Crippen LogP contribution >= 0.6 is 27.5 Å². The van der Waals surface area contributed by atoms with Crippen molar-refractivity contribution in [2.45, 2.75) is 24.9 Å². The van der Waals surface area contributed by atoms with E-state index in [-0.39, 0.29) is 17.6 Å². The Morgan fingerprint density at radius 1 is 1.56 bits per heavy atom. The first-order valence-electron chi connectivity index (χ1n) is 7.54. The molecule has 1 heterocycles. The molecule has 5 N–H and O–H groups in total. The number of nitrogens with one attached hydrogen (secondary N) is 1. The molecule has 0 aliphatic carbocycles. The summed E-state index contributed by atoms with van der Waals surface area (Å²) in [5.74, 6) is 0.634. The van der Waals surface area contributed by atoms with Gasteiger partial charge in [-0.3, -0.25) is 9.79 Å². The predicted molar refractivity (Wildman–Crippen MR) is 101 cm³/mol. The van der Waals surface area contributed by atoms with Gasteiger partial charge in [-0.2, -0.15) is 0 Å². The molecule has 9 heteroatoms. The third-order valence-corrected chi connectivity index (χ3v) is 4.57. The van der Waals surface area contributed by atoms with Gasteiger partial charge in [-0.25, -0.2) is 0 Å². The van der Waals surface area contributed by atoms with Gasteiger partial charge >= 0.3 is 0 Å². The third-order valence-electron chi connectivity index (χ3n) is 3.53. The molecule has 0 saturated carbocycles. The molecule has 1 saturated heterocycles. The SMILES string of the molecule is COc1c(C)cc(C=C2OC(C(Cl)CCN=C(N)N)NC2=O)cc1Br. The summed E-state index contributed by atoms with van der Waals surface area (Å²) in [7, 11) is 1.60. The highest BCUT2D eigenvalue weighted by Crippen LogP contribution is 2.31. The number of nitrogens with two attached hydrogens (primary N) is 2. The van der Waals surface area contributed by atoms with E-state index in [0.29, 0.717) is 13.0 Å². The number of aryl methyl sites for hydroxylation is 1. The fraction of sp³-hybridized carbons (Fsp3) is 0.375. The van der Waals surface area contributed by atoms with Gasteiger partial charge in [0.15, 0.2) is 17.9 Å². The number of hydrogen-bond acceptors (Lipinski definition) is 4. The first-order chi connectivity index (χ1) is 11.8. The predicted octanol–water partition coefficient (Wildman–Crippen LogP) is 1.85. The van der Waals surface area contributed by atoms with Crippen LogP contribution in [0.4, 0.5) is 0 Å². The Hall–Kier alpha value is -1.93. The molecule has 2 rings (SSSR count). The number of benzene rings is 1. The Labute approximate surface area is 159 Å². The zero-order chi connectivity index (χ0) is 18.6. The van der Waals surface area contributed by atoms with Crippen LogP contribution in [0.5, 0.6) is 5.75 Å². The van der Waals surface area contributed by atoms with E-state index in [1.165, 1.54) is 0 Å². The van der Waals surface area contributed by atoms with Crippen LogP contribution in [-0.4, -0.2) is 37.1 Å². The van der Waals surface area contributed by atoms with Crippen molar-refractivity contribution in [2.75, 3.05) is 13.7 Å². The molecule has 1 aliphatic rings. The number of halogens is 2. The first kappa shape index (κ1) is 19.4. The number of carbonyl (C=O) groups excluding carboxylic acids is 1. The van der Waals surface area contributed by atoms with Gasteiger partial charge in [-0.15, -0.1) is 11.6 Å². The van der Waals surface area contributed by atoms with E-state index >= 15 is 0 Å². The Morgan fingerprint density at radius 3 is 2.88 bits per heavy atom. The highest BCUT2D eigenvalue weighted by atomic mass is 79.9. The fourth-order valence-corrected chi connectivity index (χ4v) is 3.35. The molecule has 0 spiro atoms. The van der Waals surface area contributed by atoms with Gasteiger partial charge in [0, 0.05) is 6.54 Å². The third kappa shape index (κ3) is 5.02. The van der Waals surface area contributed by atoms with Gasteiger partial charge < -0.3 is 26.3 Å². The second kappa shape index (κ2) is 8.44. The molecular formula is C16H20BrClN4O3. The van der Waals surface area contributed by atoms with E-state index in [2.05, 4.69) is 26.2 Å². The monoisotopic (exact) mass is 430 g/mol. The lowest BCUT2D eigenvalue weighted by Crippen LogP contribution is -2.35. The lowest BCUT2D eigenvalue weighted by molar-refractivity contribution is -0.116. The summed E-state index contributed by atoms with van der Waals surface area (Å²) in [4.78, 5) is 16.0. The fourth-order valence-electron chi connectivity index (χ4n) is 2.40. The van der Waals surface area contributed by atoms with Gasteiger partial charge in [0.1, 0.15) is 5.75 Å². The molecule has 1 aromatic carbocycles. The summed E-state index contributed by atoms with van der Waals surface area (Å²) in [5.41, 5.74) is 12.3. The van der Waals surface area contributed by atoms with Crippen LogP contribution in [0.3, 0.4) is 0 Å². The molecule has 25 heavy (non-hydrogen) atoms. The molecule has 2 atom stereocenters. The van der Waals surface area contributed by atoms with E-state index in [4.69, 9.17) is 32.5 Å². The van der Waals surface area contributed by atoms with Crippen LogP contribution in [-0.2, 0) is 9.53 Å². The van der Waals surface area contributed by atoms with E-state index < -0.39 is 11.6 Å². The minimum atomic E-state index is -0.627. The van der Waals surface area contributed by atoms with Gasteiger partial charge in [-0.05, 0) is 58.6 Å². The van der Waals surface area contributed by atoms with Gasteiger partial charge in [0.05, 0.1) is 17.0 Å². The minimum absolute atomic E-state index is 0.00119. The van der Waals surface area contributed by atoms with Gasteiger partial charge in [0.25, 0.3) is 5.91 Å². The number of rotatable bonds is 6. The summed E-state index contributed by atoms with van der Waals surface area (Å²) in [5, 5.41) is 2.25. The second-order valence-electron chi connectivity index (χ2n) is 5.48. The minimum Gasteiger partial charge on any atom is -0.495 e. The Bertz CT molecular complexity index is 696. The number of methoxy groups -OCH3 is 1. The average Bonchev–Trinajstić information content (AvgIpc) is 2.87. The Balaban J connectivity index is 2.09. The molecule has 1 amide bonds. The van der Waals surface area contributed by atoms with Crippen molar-refractivity contribution in [2.24, 2.45) is 16.5 Å². The lowest BCUT2D eigenvalue weighted by atomic mass is 10.1. The summed E-state index contributed by atoms with van der Waals surface area (Å²) < 4.78 is 11.7. The number of guanidine groups is 1. The quantitative estimate of drug-likeness (QED) is 0.275. The molecule has 136 valence electrons. The van der Waals surface area contributed by atoms with Crippen LogP contribution in [0, 0.1) is 6.92 Å². The first-order valence-corrected chi connectivity index (χ1v) is 8.77. The van der Waals surface area contributed by atoms with Gasteiger partial charge in [0.2, 0.25) is 0 Å². The number of alkyl halides is 1. The Morgan fingerprint density at radius 2 is 2.28 bits per heavy atom. The largest absolute Gasteiger partial charge is 0.495 e. The molecule has 0 bridgehead atoms. The van der Waals surface area contributed by atoms with Crippen LogP contribution in [0.15, 0.2) is 27.4 Å². The number of nitrogens with zero attached hydrogens (tertiary/aromatic N) is 1. The molecule has 1 aromatic rings. The summed E-state index contributed by atoms with van der Waals surface area (Å²) >= 11 is 9.70. The molecular weight excluding hydrogens is 412 g/mol. The molecule has 2 unspecified atom stereocenters. The van der Waals surface area contributed by atoms with Crippen molar-refractivity contribution in [1.29, 1.82) is 0 Å². The summed E-state index contributed by atoms with van der Waals surface area (Å²) in [6.45, 7) is 2.28. The van der Waals surface area contributed by atoms with E-state index in [0.717, 1.165) is 21.3 Å². The van der Waals surface area contributed by atoms with Crippen LogP contribution in [0.2, 0.25) is 0 Å². The van der Waals surface area contributed by atoms with E-state index in [9.17, 15) is 4.79 Å². The number of amides is 1. The highest BCUT2D eigenvalue weighted by molar-refractivity contribution is 9.10. The number of aliphatic imine (C=N–C) groups is 1. The maximum Gasteiger partial charge on any atom is 0.289 e. The van der Waals surface area contributed by atoms with Gasteiger partial charge in [-0.1, -0.05) is 0 Å². The molecule has 0 radical (unpaired) electrons. The summed E-state index contributed by atoms with van der Waals surface area (Å²) in [6, 6.07) is 3.75. The van der Waals surface area contributed by atoms with E-state index in [1.807, 2.05) is 19.1 Å². The number of hydrogen-bond donors (Lipinski definition) is 3. The van der Waals surface area contributed by atoms with Crippen LogP contribution in [0.25, 0.3) is 6.08 Å². The zero-order valence-electron chi connectivity index (χ0n) is 13.9. The molecule has 7 nitrogen and oxygen atoms in total. The lowest BCUT2D eigenvalue weighted by Gasteiger charge is -2.15. The van der Waals surface area contributed by atoms with Crippen molar-refractivity contribution >= 4 is 45.5 Å².